The van der Waals surface area contributed by atoms with Crippen LogP contribution in [-0.4, -0.2) is 106 Å². The van der Waals surface area contributed by atoms with Crippen LogP contribution in [-0.2, 0) is 17.9 Å². The maximum atomic E-state index is 13.6. The molecule has 4 aromatic rings. The number of aromatic nitrogens is 7. The molecule has 260 valence electrons. The molecule has 0 aliphatic carbocycles. The van der Waals surface area contributed by atoms with Gasteiger partial charge in [-0.3, -0.25) is 19.0 Å². The number of hydrogen-bond donors (Lipinski definition) is 3. The normalized spacial score (nSPS) is 14.4. The molecular weight excluding hydrogens is 694 g/mol. The second-order valence-electron chi connectivity index (χ2n) is 10.5. The largest absolute Gasteiger partial charge is 0.416 e. The zero-order valence-corrected chi connectivity index (χ0v) is 25.4. The molecule has 1 saturated heterocycles. The van der Waals surface area contributed by atoms with Gasteiger partial charge in [-0.05, 0) is 36.4 Å². The third-order valence-corrected chi connectivity index (χ3v) is 7.15. The number of nitrogens with one attached hydrogen (secondary N) is 2. The molecule has 3 amide bonds. The second-order valence-corrected chi connectivity index (χ2v) is 10.9. The van der Waals surface area contributed by atoms with E-state index in [1.54, 1.807) is 5.32 Å². The van der Waals surface area contributed by atoms with Gasteiger partial charge in [0.2, 0.25) is 11.7 Å². The molecule has 3 aromatic heterocycles. The van der Waals surface area contributed by atoms with E-state index in [2.05, 4.69) is 25.5 Å². The van der Waals surface area contributed by atoms with Crippen molar-refractivity contribution in [1.82, 2.24) is 49.6 Å². The SMILES string of the molecule is O=C1CN(C(=O)c2nc(Cn3nc(-c4ccc(Cl)cc4)n(C[C@H](O)C(F)(F)F)c3=O)nn2-c2ncccc2C(=O)NCC(F)(F)F)CCN1. The van der Waals surface area contributed by atoms with Crippen LogP contribution in [0.4, 0.5) is 26.3 Å². The van der Waals surface area contributed by atoms with Crippen LogP contribution in [0.5, 0.6) is 0 Å². The van der Waals surface area contributed by atoms with Gasteiger partial charge >= 0.3 is 18.0 Å². The maximum Gasteiger partial charge on any atom is 0.416 e. The molecule has 1 fully saturated rings. The van der Waals surface area contributed by atoms with Crippen LogP contribution in [0.3, 0.4) is 0 Å². The van der Waals surface area contributed by atoms with Gasteiger partial charge in [-0.1, -0.05) is 11.6 Å². The van der Waals surface area contributed by atoms with Crippen molar-refractivity contribution in [3.05, 3.63) is 75.3 Å². The third-order valence-electron chi connectivity index (χ3n) is 6.90. The fraction of sp³-hybridized carbons (Fsp3) is 0.333. The summed E-state index contributed by atoms with van der Waals surface area (Å²) in [6.45, 7) is -3.94. The van der Waals surface area contributed by atoms with Crippen LogP contribution in [0.1, 0.15) is 26.8 Å². The summed E-state index contributed by atoms with van der Waals surface area (Å²) in [7, 11) is 0. The number of benzene rings is 1. The monoisotopic (exact) mass is 716 g/mol. The topological polar surface area (TPSA) is 182 Å². The minimum absolute atomic E-state index is 0.0176. The van der Waals surface area contributed by atoms with E-state index < -0.39 is 85.3 Å². The predicted octanol–water partition coefficient (Wildman–Crippen LogP) is 1.18. The lowest BCUT2D eigenvalue weighted by Gasteiger charge is -2.26. The van der Waals surface area contributed by atoms with E-state index in [0.29, 0.717) is 9.25 Å². The van der Waals surface area contributed by atoms with Crippen molar-refractivity contribution in [2.45, 2.75) is 31.5 Å². The molecule has 1 aliphatic heterocycles. The number of carbonyl (C=O) groups excluding carboxylic acids is 3. The zero-order chi connectivity index (χ0) is 35.7. The number of rotatable bonds is 9. The van der Waals surface area contributed by atoms with Crippen molar-refractivity contribution in [3.63, 3.8) is 0 Å². The number of pyridine rings is 1. The molecule has 1 aliphatic rings. The smallest absolute Gasteiger partial charge is 0.382 e. The van der Waals surface area contributed by atoms with Crippen molar-refractivity contribution in [2.24, 2.45) is 0 Å². The second kappa shape index (κ2) is 13.7. The quantitative estimate of drug-likeness (QED) is 0.214. The van der Waals surface area contributed by atoms with Crippen LogP contribution < -0.4 is 16.3 Å². The van der Waals surface area contributed by atoms with Crippen molar-refractivity contribution in [3.8, 4) is 17.2 Å². The summed E-state index contributed by atoms with van der Waals surface area (Å²) < 4.78 is 80.3. The zero-order valence-electron chi connectivity index (χ0n) is 24.7. The van der Waals surface area contributed by atoms with E-state index in [1.807, 2.05) is 0 Å². The number of hydrogen-bond acceptors (Lipinski definition) is 9. The van der Waals surface area contributed by atoms with Crippen molar-refractivity contribution in [2.75, 3.05) is 26.2 Å². The van der Waals surface area contributed by atoms with E-state index in [-0.39, 0.29) is 35.3 Å². The molecule has 49 heavy (non-hydrogen) atoms. The molecular formula is C27H23ClF6N10O5. The highest BCUT2D eigenvalue weighted by atomic mass is 35.5. The molecule has 1 atom stereocenters. The Balaban J connectivity index is 1.59. The summed E-state index contributed by atoms with van der Waals surface area (Å²) >= 11 is 5.92. The van der Waals surface area contributed by atoms with Gasteiger partial charge in [-0.25, -0.2) is 19.4 Å². The number of piperazine rings is 1. The van der Waals surface area contributed by atoms with Crippen molar-refractivity contribution >= 4 is 29.3 Å². The van der Waals surface area contributed by atoms with Crippen LogP contribution in [0.25, 0.3) is 17.2 Å². The van der Waals surface area contributed by atoms with Gasteiger partial charge < -0.3 is 20.6 Å². The first-order valence-corrected chi connectivity index (χ1v) is 14.4. The van der Waals surface area contributed by atoms with Gasteiger partial charge in [0.1, 0.15) is 19.6 Å². The first kappa shape index (κ1) is 35.0. The first-order chi connectivity index (χ1) is 23.0. The van der Waals surface area contributed by atoms with Crippen LogP contribution in [0.15, 0.2) is 47.4 Å². The van der Waals surface area contributed by atoms with Crippen LogP contribution in [0.2, 0.25) is 5.02 Å². The Labute approximate surface area is 275 Å². The van der Waals surface area contributed by atoms with Gasteiger partial charge in [-0.15, -0.1) is 10.2 Å². The predicted molar refractivity (Wildman–Crippen MR) is 155 cm³/mol. The lowest BCUT2D eigenvalue weighted by molar-refractivity contribution is -0.207. The van der Waals surface area contributed by atoms with Gasteiger partial charge in [0.05, 0.1) is 12.1 Å². The van der Waals surface area contributed by atoms with Gasteiger partial charge in [0, 0.05) is 29.9 Å². The number of amides is 3. The number of alkyl halides is 6. The summed E-state index contributed by atoms with van der Waals surface area (Å²) in [6, 6.07) is 7.87. The molecule has 0 spiro atoms. The summed E-state index contributed by atoms with van der Waals surface area (Å²) in [6.07, 6.45) is -11.7. The summed E-state index contributed by atoms with van der Waals surface area (Å²) in [4.78, 5) is 61.0. The fourth-order valence-electron chi connectivity index (χ4n) is 4.61. The Morgan fingerprint density at radius 2 is 1.78 bits per heavy atom. The van der Waals surface area contributed by atoms with Gasteiger partial charge in [0.25, 0.3) is 11.8 Å². The minimum atomic E-state index is -5.09. The fourth-order valence-corrected chi connectivity index (χ4v) is 4.74. The lowest BCUT2D eigenvalue weighted by atomic mass is 10.2. The van der Waals surface area contributed by atoms with Crippen LogP contribution in [0, 0.1) is 0 Å². The average molecular weight is 717 g/mol. The molecule has 22 heteroatoms. The number of aliphatic hydroxyl groups excluding tert-OH is 1. The summed E-state index contributed by atoms with van der Waals surface area (Å²) in [5.74, 6) is -4.34. The average Bonchev–Trinajstić information content (AvgIpc) is 3.60. The van der Waals surface area contributed by atoms with E-state index in [9.17, 15) is 50.6 Å². The third kappa shape index (κ3) is 8.05. The molecule has 0 bridgehead atoms. The Kier molecular flexibility index (Phi) is 9.76. The molecule has 0 unspecified atom stereocenters. The summed E-state index contributed by atoms with van der Waals surface area (Å²) in [5.41, 5.74) is -1.45. The standard InChI is InChI=1S/C27H23ClF6N10O5/c28-15-5-3-14(4-6-15)20-40-43(25(49)42(20)10-17(45)27(32,33)34)11-18-38-22(24(48)41-9-8-35-19(46)12-41)44(39-18)21-16(2-1-7-36-21)23(47)37-13-26(29,30)31/h1-7,17,45H,8-13H2,(H,35,46)(H,37,47)/t17-/m0/s1. The highest BCUT2D eigenvalue weighted by molar-refractivity contribution is 6.30. The van der Waals surface area contributed by atoms with Crippen molar-refractivity contribution in [1.29, 1.82) is 0 Å². The first-order valence-electron chi connectivity index (χ1n) is 14.0. The molecule has 15 nitrogen and oxygen atoms in total. The summed E-state index contributed by atoms with van der Waals surface area (Å²) in [5, 5.41) is 22.5. The molecule has 1 aromatic carbocycles. The molecule has 5 rings (SSSR count). The van der Waals surface area contributed by atoms with E-state index in [1.165, 1.54) is 30.3 Å². The number of carbonyl (C=O) groups is 3. The Bertz CT molecular complexity index is 1940. The van der Waals surface area contributed by atoms with Gasteiger partial charge in [0.15, 0.2) is 23.6 Å². The van der Waals surface area contributed by atoms with E-state index in [0.717, 1.165) is 21.8 Å². The van der Waals surface area contributed by atoms with Gasteiger partial charge in [-0.2, -0.15) is 31.0 Å². The Hall–Kier alpha value is -5.31. The Morgan fingerprint density at radius 3 is 2.43 bits per heavy atom. The minimum Gasteiger partial charge on any atom is -0.382 e. The highest BCUT2D eigenvalue weighted by Gasteiger charge is 2.39. The maximum absolute atomic E-state index is 13.6. The molecule has 3 N–H and O–H groups in total. The molecule has 4 heterocycles. The lowest BCUT2D eigenvalue weighted by Crippen LogP contribution is -2.50. The molecule has 0 radical (unpaired) electrons. The van der Waals surface area contributed by atoms with Crippen LogP contribution >= 0.6 is 11.6 Å². The Morgan fingerprint density at radius 1 is 1.06 bits per heavy atom. The van der Waals surface area contributed by atoms with E-state index >= 15 is 0 Å². The highest BCUT2D eigenvalue weighted by Crippen LogP contribution is 2.24. The van der Waals surface area contributed by atoms with E-state index in [4.69, 9.17) is 11.6 Å². The number of aliphatic hydroxyl groups is 1. The number of halogens is 7. The number of nitrogens with zero attached hydrogens (tertiary/aromatic N) is 8. The van der Waals surface area contributed by atoms with Crippen molar-refractivity contribution < 1.29 is 45.8 Å². The molecule has 0 saturated carbocycles.